The van der Waals surface area contributed by atoms with Gasteiger partial charge in [0.2, 0.25) is 0 Å². The van der Waals surface area contributed by atoms with E-state index in [2.05, 4.69) is 5.32 Å². The number of imide groups is 1. The quantitative estimate of drug-likeness (QED) is 0.497. The molecule has 0 spiro atoms. The zero-order valence-electron chi connectivity index (χ0n) is 15.3. The van der Waals surface area contributed by atoms with Crippen LogP contribution in [0.15, 0.2) is 48.2 Å². The van der Waals surface area contributed by atoms with Crippen molar-refractivity contribution in [2.45, 2.75) is 0 Å². The standard InChI is InChI=1S/C20H16N2O7/c1-27-20(26)12-8-11(21-13-10-17(24)22(6-7-23)19(13)25)9-16-18(12)29-15-5-3-2-4-14(15)28-16/h2-5,8-10,21,23H,6-7H2,1H3. The fourth-order valence-corrected chi connectivity index (χ4v) is 3.03. The number of β-amino-alcohol motifs (C(OH)–C–C–N with tert-alkyl or cyclic N) is 1. The molecule has 0 aliphatic carbocycles. The lowest BCUT2D eigenvalue weighted by atomic mass is 10.1. The molecule has 0 aromatic heterocycles. The van der Waals surface area contributed by atoms with Gasteiger partial charge in [-0.05, 0) is 18.2 Å². The SMILES string of the molecule is COC(=O)c1cc(NC2=CC(=O)N(CCO)C2=O)cc2c1Oc1ccccc1O2. The number of carbonyl (C=O) groups is 3. The predicted molar refractivity (Wildman–Crippen MR) is 99.9 cm³/mol. The summed E-state index contributed by atoms with van der Waals surface area (Å²) in [5, 5.41) is 11.8. The number of amides is 2. The Hall–Kier alpha value is -3.85. The van der Waals surface area contributed by atoms with E-state index in [0.717, 1.165) is 11.0 Å². The minimum Gasteiger partial charge on any atom is -0.465 e. The number of benzene rings is 2. The van der Waals surface area contributed by atoms with Crippen molar-refractivity contribution in [1.82, 2.24) is 4.90 Å². The molecule has 0 fully saturated rings. The molecule has 9 heteroatoms. The lowest BCUT2D eigenvalue weighted by Gasteiger charge is -2.23. The number of aliphatic hydroxyl groups is 1. The molecule has 0 unspecified atom stereocenters. The second-order valence-corrected chi connectivity index (χ2v) is 6.20. The van der Waals surface area contributed by atoms with Crippen molar-refractivity contribution in [2.24, 2.45) is 0 Å². The van der Waals surface area contributed by atoms with Crippen molar-refractivity contribution >= 4 is 23.5 Å². The molecule has 2 amide bonds. The van der Waals surface area contributed by atoms with Crippen molar-refractivity contribution in [2.75, 3.05) is 25.6 Å². The Morgan fingerprint density at radius 3 is 2.55 bits per heavy atom. The highest BCUT2D eigenvalue weighted by Crippen LogP contribution is 2.48. The number of para-hydroxylation sites is 2. The first-order valence-corrected chi connectivity index (χ1v) is 8.68. The Labute approximate surface area is 165 Å². The average Bonchev–Trinajstić information content (AvgIpc) is 2.99. The summed E-state index contributed by atoms with van der Waals surface area (Å²) in [5.74, 6) is -0.421. The Morgan fingerprint density at radius 1 is 1.14 bits per heavy atom. The molecule has 0 saturated heterocycles. The molecule has 4 rings (SSSR count). The van der Waals surface area contributed by atoms with Crippen LogP contribution in [0.3, 0.4) is 0 Å². The van der Waals surface area contributed by atoms with E-state index in [1.54, 1.807) is 30.3 Å². The molecule has 2 aromatic rings. The summed E-state index contributed by atoms with van der Waals surface area (Å²) in [6.07, 6.45) is 1.13. The fraction of sp³-hybridized carbons (Fsp3) is 0.150. The average molecular weight is 396 g/mol. The molecule has 2 aromatic carbocycles. The largest absolute Gasteiger partial charge is 0.465 e. The monoisotopic (exact) mass is 396 g/mol. The Bertz CT molecular complexity index is 1060. The lowest BCUT2D eigenvalue weighted by Crippen LogP contribution is -2.34. The van der Waals surface area contributed by atoms with E-state index in [1.807, 2.05) is 0 Å². The van der Waals surface area contributed by atoms with Gasteiger partial charge in [0.15, 0.2) is 23.0 Å². The van der Waals surface area contributed by atoms with Gasteiger partial charge in [-0.15, -0.1) is 0 Å². The molecule has 2 aliphatic rings. The lowest BCUT2D eigenvalue weighted by molar-refractivity contribution is -0.137. The van der Waals surface area contributed by atoms with Crippen molar-refractivity contribution in [3.63, 3.8) is 0 Å². The number of anilines is 1. The molecular formula is C20H16N2O7. The summed E-state index contributed by atoms with van der Waals surface area (Å²) in [5.41, 5.74) is 0.424. The van der Waals surface area contributed by atoms with Gasteiger partial charge >= 0.3 is 5.97 Å². The van der Waals surface area contributed by atoms with E-state index >= 15 is 0 Å². The van der Waals surface area contributed by atoms with E-state index in [4.69, 9.17) is 19.3 Å². The molecular weight excluding hydrogens is 380 g/mol. The van der Waals surface area contributed by atoms with Crippen LogP contribution in [0, 0.1) is 0 Å². The number of hydrogen-bond donors (Lipinski definition) is 2. The minimum absolute atomic E-state index is 0.0105. The van der Waals surface area contributed by atoms with Gasteiger partial charge in [0.25, 0.3) is 11.8 Å². The maximum Gasteiger partial charge on any atom is 0.341 e. The van der Waals surface area contributed by atoms with Crippen molar-refractivity contribution in [3.8, 4) is 23.0 Å². The highest BCUT2D eigenvalue weighted by molar-refractivity contribution is 6.17. The number of methoxy groups -OCH3 is 1. The van der Waals surface area contributed by atoms with Gasteiger partial charge in [-0.25, -0.2) is 4.79 Å². The number of ether oxygens (including phenoxy) is 3. The van der Waals surface area contributed by atoms with Gasteiger partial charge in [0.1, 0.15) is 11.3 Å². The van der Waals surface area contributed by atoms with Crippen molar-refractivity contribution in [3.05, 3.63) is 53.7 Å². The van der Waals surface area contributed by atoms with Gasteiger partial charge in [-0.2, -0.15) is 0 Å². The van der Waals surface area contributed by atoms with Crippen molar-refractivity contribution in [1.29, 1.82) is 0 Å². The van der Waals surface area contributed by atoms with Crippen LogP contribution in [0.4, 0.5) is 5.69 Å². The van der Waals surface area contributed by atoms with E-state index in [9.17, 15) is 14.4 Å². The molecule has 148 valence electrons. The Balaban J connectivity index is 1.70. The number of rotatable bonds is 5. The number of nitrogens with zero attached hydrogens (tertiary/aromatic N) is 1. The second kappa shape index (κ2) is 7.28. The molecule has 0 atom stereocenters. The van der Waals surface area contributed by atoms with Crippen LogP contribution in [0.25, 0.3) is 0 Å². The predicted octanol–water partition coefficient (Wildman–Crippen LogP) is 2.03. The first kappa shape index (κ1) is 18.5. The first-order chi connectivity index (χ1) is 14.0. The van der Waals surface area contributed by atoms with Crippen LogP contribution in [-0.2, 0) is 14.3 Å². The number of fused-ring (bicyclic) bond motifs is 2. The van der Waals surface area contributed by atoms with Crippen LogP contribution < -0.4 is 14.8 Å². The number of carbonyl (C=O) groups excluding carboxylic acids is 3. The summed E-state index contributed by atoms with van der Waals surface area (Å²) < 4.78 is 16.5. The first-order valence-electron chi connectivity index (χ1n) is 8.68. The van der Waals surface area contributed by atoms with E-state index in [0.29, 0.717) is 17.2 Å². The van der Waals surface area contributed by atoms with Crippen molar-refractivity contribution < 1.29 is 33.7 Å². The van der Waals surface area contributed by atoms with Crippen LogP contribution in [0.2, 0.25) is 0 Å². The summed E-state index contributed by atoms with van der Waals surface area (Å²) >= 11 is 0. The third-order valence-corrected chi connectivity index (χ3v) is 4.35. The van der Waals surface area contributed by atoms with Gasteiger partial charge in [-0.1, -0.05) is 12.1 Å². The zero-order valence-corrected chi connectivity index (χ0v) is 15.3. The Morgan fingerprint density at radius 2 is 1.86 bits per heavy atom. The molecule has 2 aliphatic heterocycles. The highest BCUT2D eigenvalue weighted by atomic mass is 16.6. The summed E-state index contributed by atoms with van der Waals surface area (Å²) in [4.78, 5) is 37.5. The van der Waals surface area contributed by atoms with Gasteiger partial charge in [-0.3, -0.25) is 14.5 Å². The Kier molecular flexibility index (Phi) is 4.65. The van der Waals surface area contributed by atoms with E-state index in [-0.39, 0.29) is 35.9 Å². The zero-order chi connectivity index (χ0) is 20.5. The van der Waals surface area contributed by atoms with Crippen LogP contribution in [-0.4, -0.2) is 48.1 Å². The molecule has 9 nitrogen and oxygen atoms in total. The molecule has 29 heavy (non-hydrogen) atoms. The molecule has 0 saturated carbocycles. The van der Waals surface area contributed by atoms with E-state index < -0.39 is 17.8 Å². The minimum atomic E-state index is -0.655. The number of nitrogens with one attached hydrogen (secondary N) is 1. The van der Waals surface area contributed by atoms with Gasteiger partial charge in [0.05, 0.1) is 20.3 Å². The summed E-state index contributed by atoms with van der Waals surface area (Å²) in [6, 6.07) is 9.95. The number of esters is 1. The normalized spacial score (nSPS) is 14.4. The third-order valence-electron chi connectivity index (χ3n) is 4.35. The highest BCUT2D eigenvalue weighted by Gasteiger charge is 2.32. The summed E-state index contributed by atoms with van der Waals surface area (Å²) in [7, 11) is 1.24. The maximum absolute atomic E-state index is 12.4. The smallest absolute Gasteiger partial charge is 0.341 e. The summed E-state index contributed by atoms with van der Waals surface area (Å²) in [6.45, 7) is -0.445. The number of aliphatic hydroxyl groups excluding tert-OH is 1. The van der Waals surface area contributed by atoms with Gasteiger partial charge in [0, 0.05) is 17.8 Å². The molecule has 0 radical (unpaired) electrons. The van der Waals surface area contributed by atoms with Crippen LogP contribution in [0.5, 0.6) is 23.0 Å². The van der Waals surface area contributed by atoms with Crippen LogP contribution in [0.1, 0.15) is 10.4 Å². The van der Waals surface area contributed by atoms with Gasteiger partial charge < -0.3 is 24.6 Å². The van der Waals surface area contributed by atoms with Crippen LogP contribution >= 0.6 is 0 Å². The molecule has 0 bridgehead atoms. The van der Waals surface area contributed by atoms with E-state index in [1.165, 1.54) is 13.2 Å². The fourth-order valence-electron chi connectivity index (χ4n) is 3.03. The number of hydrogen-bond acceptors (Lipinski definition) is 8. The second-order valence-electron chi connectivity index (χ2n) is 6.20. The third kappa shape index (κ3) is 3.27. The maximum atomic E-state index is 12.4. The molecule has 2 N–H and O–H groups in total. The molecule has 2 heterocycles. The topological polar surface area (TPSA) is 114 Å².